The van der Waals surface area contributed by atoms with Crippen LogP contribution in [0.2, 0.25) is 0 Å². The van der Waals surface area contributed by atoms with E-state index in [1.54, 1.807) is 0 Å². The van der Waals surface area contributed by atoms with Crippen LogP contribution in [0.5, 0.6) is 0 Å². The van der Waals surface area contributed by atoms with Crippen LogP contribution in [0.25, 0.3) is 5.69 Å². The number of thiocarbonyl (C=S) groups is 1. The molecule has 1 saturated heterocycles. The van der Waals surface area contributed by atoms with Gasteiger partial charge in [0.25, 0.3) is 0 Å². The average molecular weight is 510 g/mol. The molecule has 32 heavy (non-hydrogen) atoms. The van der Waals surface area contributed by atoms with Crippen molar-refractivity contribution in [2.75, 3.05) is 0 Å². The number of nitrogens with one attached hydrogen (secondary N) is 1. The van der Waals surface area contributed by atoms with Crippen LogP contribution in [-0.2, 0) is 0 Å². The fourth-order valence-electron chi connectivity index (χ4n) is 5.55. The first-order valence-corrected chi connectivity index (χ1v) is 12.7. The van der Waals surface area contributed by atoms with E-state index in [-0.39, 0.29) is 12.1 Å². The molecule has 166 valence electrons. The van der Waals surface area contributed by atoms with E-state index in [1.165, 1.54) is 54.7 Å². The lowest BCUT2D eigenvalue weighted by Crippen LogP contribution is -2.40. The van der Waals surface area contributed by atoms with Gasteiger partial charge in [0.1, 0.15) is 0 Å². The fourth-order valence-corrected chi connectivity index (χ4v) is 6.33. The van der Waals surface area contributed by atoms with Crippen molar-refractivity contribution < 1.29 is 0 Å². The summed E-state index contributed by atoms with van der Waals surface area (Å²) in [6.45, 7) is 4.43. The lowest BCUT2D eigenvalue weighted by Gasteiger charge is -2.37. The molecule has 3 aromatic rings. The Balaban J connectivity index is 1.63. The highest BCUT2D eigenvalue weighted by Gasteiger charge is 2.44. The van der Waals surface area contributed by atoms with Crippen LogP contribution in [0.4, 0.5) is 0 Å². The monoisotopic (exact) mass is 508 g/mol. The highest BCUT2D eigenvalue weighted by molar-refractivity contribution is 9.10. The number of benzene rings is 1. The van der Waals surface area contributed by atoms with Crippen LogP contribution in [0.15, 0.2) is 59.2 Å². The first kappa shape index (κ1) is 21.7. The molecule has 0 amide bonds. The highest BCUT2D eigenvalue weighted by atomic mass is 79.9. The van der Waals surface area contributed by atoms with Gasteiger partial charge in [0.2, 0.25) is 0 Å². The number of aryl methyl sites for hydroxylation is 1. The third-order valence-corrected chi connectivity index (χ3v) is 7.78. The number of pyridine rings is 1. The summed E-state index contributed by atoms with van der Waals surface area (Å²) in [5, 5.41) is 4.51. The second kappa shape index (κ2) is 8.99. The zero-order chi connectivity index (χ0) is 22.2. The molecule has 1 aliphatic carbocycles. The quantitative estimate of drug-likeness (QED) is 0.404. The van der Waals surface area contributed by atoms with Crippen molar-refractivity contribution in [1.82, 2.24) is 19.8 Å². The Morgan fingerprint density at radius 3 is 2.56 bits per heavy atom. The maximum Gasteiger partial charge on any atom is 0.170 e. The third-order valence-electron chi connectivity index (χ3n) is 6.96. The molecule has 0 spiro atoms. The standard InChI is InChI=1S/C26H29BrN4S/c1-17-15-22(18(2)30(17)21-12-8-9-19(27)16-21)25-24(23-13-6-7-14-28-23)29-26(32)31(25)20-10-4-3-5-11-20/h6-9,12-16,20,24-25H,3-5,10-11H2,1-2H3,(H,29,32)/t24-,25-/m1/s1. The van der Waals surface area contributed by atoms with Gasteiger partial charge in [-0.1, -0.05) is 47.3 Å². The van der Waals surface area contributed by atoms with E-state index >= 15 is 0 Å². The van der Waals surface area contributed by atoms with E-state index < -0.39 is 0 Å². The number of aromatic nitrogens is 2. The molecule has 1 aliphatic heterocycles. The number of nitrogens with zero attached hydrogens (tertiary/aromatic N) is 3. The Morgan fingerprint density at radius 2 is 1.84 bits per heavy atom. The Morgan fingerprint density at radius 1 is 1.03 bits per heavy atom. The molecule has 6 heteroatoms. The lowest BCUT2D eigenvalue weighted by atomic mass is 9.90. The molecular formula is C26H29BrN4S. The number of hydrogen-bond donors (Lipinski definition) is 1. The van der Waals surface area contributed by atoms with Gasteiger partial charge in [-0.05, 0) is 80.9 Å². The molecule has 1 aromatic carbocycles. The molecule has 5 rings (SSSR count). The summed E-state index contributed by atoms with van der Waals surface area (Å²) >= 11 is 9.58. The molecule has 2 fully saturated rings. The van der Waals surface area contributed by atoms with Crippen molar-refractivity contribution in [2.24, 2.45) is 0 Å². The minimum atomic E-state index is 0.0436. The summed E-state index contributed by atoms with van der Waals surface area (Å²) in [7, 11) is 0. The summed E-state index contributed by atoms with van der Waals surface area (Å²) in [5.74, 6) is 0. The molecule has 0 radical (unpaired) electrons. The average Bonchev–Trinajstić information content (AvgIpc) is 3.30. The van der Waals surface area contributed by atoms with Gasteiger partial charge in [0.15, 0.2) is 5.11 Å². The Bertz CT molecular complexity index is 1120. The summed E-state index contributed by atoms with van der Waals surface area (Å²) in [4.78, 5) is 7.22. The normalized spacial score (nSPS) is 21.7. The molecule has 4 nitrogen and oxygen atoms in total. The van der Waals surface area contributed by atoms with E-state index in [2.05, 4.69) is 87.0 Å². The third kappa shape index (κ3) is 3.88. The number of hydrogen-bond acceptors (Lipinski definition) is 2. The van der Waals surface area contributed by atoms with Crippen molar-refractivity contribution in [3.8, 4) is 5.69 Å². The Hall–Kier alpha value is -2.18. The van der Waals surface area contributed by atoms with Gasteiger partial charge in [-0.15, -0.1) is 0 Å². The van der Waals surface area contributed by atoms with Crippen LogP contribution in [0.3, 0.4) is 0 Å². The molecular weight excluding hydrogens is 480 g/mol. The van der Waals surface area contributed by atoms with Crippen molar-refractivity contribution in [2.45, 2.75) is 64.1 Å². The molecule has 2 aromatic heterocycles. The van der Waals surface area contributed by atoms with Gasteiger partial charge in [0, 0.05) is 33.8 Å². The van der Waals surface area contributed by atoms with Gasteiger partial charge in [-0.2, -0.15) is 0 Å². The van der Waals surface area contributed by atoms with Gasteiger partial charge in [-0.3, -0.25) is 4.98 Å². The summed E-state index contributed by atoms with van der Waals surface area (Å²) < 4.78 is 3.44. The van der Waals surface area contributed by atoms with E-state index in [9.17, 15) is 0 Å². The molecule has 0 bridgehead atoms. The van der Waals surface area contributed by atoms with Gasteiger partial charge >= 0.3 is 0 Å². The SMILES string of the molecule is Cc1cc([C@@H]2[C@@H](c3ccccn3)NC(=S)N2C2CCCCC2)c(C)n1-c1cccc(Br)c1. The van der Waals surface area contributed by atoms with E-state index in [0.29, 0.717) is 6.04 Å². The van der Waals surface area contributed by atoms with Crippen molar-refractivity contribution in [1.29, 1.82) is 0 Å². The number of rotatable bonds is 4. The van der Waals surface area contributed by atoms with E-state index in [1.807, 2.05) is 12.3 Å². The topological polar surface area (TPSA) is 33.1 Å². The van der Waals surface area contributed by atoms with Crippen LogP contribution in [0, 0.1) is 13.8 Å². The van der Waals surface area contributed by atoms with Crippen molar-refractivity contribution in [3.05, 3.63) is 81.8 Å². The van der Waals surface area contributed by atoms with Crippen LogP contribution in [-0.4, -0.2) is 25.6 Å². The van der Waals surface area contributed by atoms with Gasteiger partial charge in [0.05, 0.1) is 17.8 Å². The molecule has 2 atom stereocenters. The predicted octanol–water partition coefficient (Wildman–Crippen LogP) is 6.56. The van der Waals surface area contributed by atoms with Crippen molar-refractivity contribution >= 4 is 33.3 Å². The Labute approximate surface area is 204 Å². The second-order valence-corrected chi connectivity index (χ2v) is 10.3. The first-order chi connectivity index (χ1) is 15.5. The van der Waals surface area contributed by atoms with E-state index in [4.69, 9.17) is 17.2 Å². The smallest absolute Gasteiger partial charge is 0.170 e. The van der Waals surface area contributed by atoms with Crippen LogP contribution < -0.4 is 5.32 Å². The van der Waals surface area contributed by atoms with E-state index in [0.717, 1.165) is 15.3 Å². The summed E-state index contributed by atoms with van der Waals surface area (Å²) in [6.07, 6.45) is 8.18. The summed E-state index contributed by atoms with van der Waals surface area (Å²) in [6, 6.07) is 17.7. The fraction of sp³-hybridized carbons (Fsp3) is 0.385. The van der Waals surface area contributed by atoms with Gasteiger partial charge < -0.3 is 14.8 Å². The van der Waals surface area contributed by atoms with Crippen LogP contribution >= 0.6 is 28.1 Å². The molecule has 0 unspecified atom stereocenters. The Kier molecular flexibility index (Phi) is 6.08. The second-order valence-electron chi connectivity index (χ2n) is 8.97. The maximum absolute atomic E-state index is 5.94. The first-order valence-electron chi connectivity index (χ1n) is 11.5. The highest BCUT2D eigenvalue weighted by Crippen LogP contribution is 2.44. The molecule has 1 N–H and O–H groups in total. The number of halogens is 1. The van der Waals surface area contributed by atoms with Crippen LogP contribution in [0.1, 0.15) is 66.8 Å². The maximum atomic E-state index is 5.94. The molecule has 3 heterocycles. The van der Waals surface area contributed by atoms with Crippen molar-refractivity contribution in [3.63, 3.8) is 0 Å². The van der Waals surface area contributed by atoms with Gasteiger partial charge in [-0.25, -0.2) is 0 Å². The zero-order valence-corrected chi connectivity index (χ0v) is 21.0. The molecule has 1 saturated carbocycles. The zero-order valence-electron chi connectivity index (χ0n) is 18.6. The summed E-state index contributed by atoms with van der Waals surface area (Å²) in [5.41, 5.74) is 6.05. The predicted molar refractivity (Wildman–Crippen MR) is 137 cm³/mol. The minimum absolute atomic E-state index is 0.0436. The largest absolute Gasteiger partial charge is 0.352 e. The lowest BCUT2D eigenvalue weighted by molar-refractivity contribution is 0.197. The molecule has 2 aliphatic rings. The minimum Gasteiger partial charge on any atom is -0.352 e.